The summed E-state index contributed by atoms with van der Waals surface area (Å²) in [5.41, 5.74) is 1.49. The summed E-state index contributed by atoms with van der Waals surface area (Å²) in [7, 11) is 1.68. The molecule has 2 saturated carbocycles. The topological polar surface area (TPSA) is 38.3 Å². The van der Waals surface area contributed by atoms with Crippen LogP contribution in [-0.4, -0.2) is 19.6 Å². The van der Waals surface area contributed by atoms with Crippen molar-refractivity contribution < 1.29 is 9.53 Å². The van der Waals surface area contributed by atoms with Crippen molar-refractivity contribution in [1.29, 1.82) is 0 Å². The van der Waals surface area contributed by atoms with E-state index in [1.165, 1.54) is 24.8 Å². The van der Waals surface area contributed by atoms with Gasteiger partial charge in [-0.3, -0.25) is 4.79 Å². The fourth-order valence-electron chi connectivity index (χ4n) is 2.86. The number of nitrogens with one attached hydrogen (secondary N) is 1. The molecular formula is C16H21NO2. The van der Waals surface area contributed by atoms with Gasteiger partial charge in [0.1, 0.15) is 5.75 Å². The minimum absolute atomic E-state index is 0.164. The number of amides is 1. The lowest BCUT2D eigenvalue weighted by atomic mass is 9.64. The molecule has 1 N–H and O–H groups in total. The van der Waals surface area contributed by atoms with Crippen molar-refractivity contribution in [3.8, 4) is 5.75 Å². The Labute approximate surface area is 114 Å². The van der Waals surface area contributed by atoms with Crippen LogP contribution in [0.3, 0.4) is 0 Å². The zero-order valence-corrected chi connectivity index (χ0v) is 11.4. The molecule has 1 aromatic carbocycles. The number of rotatable bonds is 5. The Balaban J connectivity index is 1.68. The van der Waals surface area contributed by atoms with E-state index in [2.05, 4.69) is 17.4 Å². The van der Waals surface area contributed by atoms with Gasteiger partial charge in [0, 0.05) is 17.9 Å². The molecule has 1 aromatic rings. The third-order valence-electron chi connectivity index (χ3n) is 4.56. The quantitative estimate of drug-likeness (QED) is 0.882. The second kappa shape index (κ2) is 4.87. The molecule has 0 saturated heterocycles. The average Bonchev–Trinajstić information content (AvgIpc) is 3.22. The average molecular weight is 259 g/mol. The van der Waals surface area contributed by atoms with Crippen molar-refractivity contribution in [3.63, 3.8) is 0 Å². The van der Waals surface area contributed by atoms with Crippen molar-refractivity contribution in [2.45, 2.75) is 37.5 Å². The maximum Gasteiger partial charge on any atom is 0.223 e. The van der Waals surface area contributed by atoms with Gasteiger partial charge in [0.05, 0.1) is 7.11 Å². The molecule has 2 fully saturated rings. The molecular weight excluding hydrogens is 238 g/mol. The van der Waals surface area contributed by atoms with Crippen molar-refractivity contribution in [2.75, 3.05) is 13.7 Å². The van der Waals surface area contributed by atoms with Gasteiger partial charge < -0.3 is 10.1 Å². The van der Waals surface area contributed by atoms with Crippen molar-refractivity contribution in [2.24, 2.45) is 5.92 Å². The predicted molar refractivity (Wildman–Crippen MR) is 74.3 cm³/mol. The zero-order valence-electron chi connectivity index (χ0n) is 11.4. The van der Waals surface area contributed by atoms with Gasteiger partial charge in [-0.15, -0.1) is 0 Å². The SMILES string of the molecule is COc1ccc(C2(CNC(=O)C3CC3)CCC2)cc1. The van der Waals surface area contributed by atoms with Crippen molar-refractivity contribution in [3.05, 3.63) is 29.8 Å². The number of carbonyl (C=O) groups is 1. The lowest BCUT2D eigenvalue weighted by molar-refractivity contribution is -0.122. The maximum absolute atomic E-state index is 11.8. The second-order valence-corrected chi connectivity index (χ2v) is 5.85. The van der Waals surface area contributed by atoms with Crippen LogP contribution in [-0.2, 0) is 10.2 Å². The Morgan fingerprint density at radius 3 is 2.47 bits per heavy atom. The van der Waals surface area contributed by atoms with E-state index in [0.717, 1.165) is 25.1 Å². The lowest BCUT2D eigenvalue weighted by Crippen LogP contribution is -2.45. The van der Waals surface area contributed by atoms with Crippen LogP contribution < -0.4 is 10.1 Å². The number of hydrogen-bond acceptors (Lipinski definition) is 2. The van der Waals surface area contributed by atoms with Gasteiger partial charge in [-0.2, -0.15) is 0 Å². The van der Waals surface area contributed by atoms with Gasteiger partial charge in [0.25, 0.3) is 0 Å². The number of methoxy groups -OCH3 is 1. The summed E-state index contributed by atoms with van der Waals surface area (Å²) in [5.74, 6) is 1.44. The van der Waals surface area contributed by atoms with Crippen LogP contribution >= 0.6 is 0 Å². The Kier molecular flexibility index (Phi) is 3.21. The van der Waals surface area contributed by atoms with E-state index >= 15 is 0 Å². The Hall–Kier alpha value is -1.51. The molecule has 19 heavy (non-hydrogen) atoms. The summed E-state index contributed by atoms with van der Waals surface area (Å²) in [6, 6.07) is 8.30. The lowest BCUT2D eigenvalue weighted by Gasteiger charge is -2.42. The molecule has 1 amide bonds. The van der Waals surface area contributed by atoms with E-state index in [1.54, 1.807) is 7.11 Å². The first kappa shape index (κ1) is 12.5. The maximum atomic E-state index is 11.8. The number of benzene rings is 1. The molecule has 0 unspecified atom stereocenters. The fourth-order valence-corrected chi connectivity index (χ4v) is 2.86. The minimum Gasteiger partial charge on any atom is -0.497 e. The highest BCUT2D eigenvalue weighted by molar-refractivity contribution is 5.80. The second-order valence-electron chi connectivity index (χ2n) is 5.85. The van der Waals surface area contributed by atoms with Gasteiger partial charge in [-0.1, -0.05) is 18.6 Å². The van der Waals surface area contributed by atoms with E-state index in [4.69, 9.17) is 4.74 Å². The van der Waals surface area contributed by atoms with Gasteiger partial charge >= 0.3 is 0 Å². The van der Waals surface area contributed by atoms with Crippen LogP contribution in [0.25, 0.3) is 0 Å². The Morgan fingerprint density at radius 1 is 1.32 bits per heavy atom. The van der Waals surface area contributed by atoms with Gasteiger partial charge in [0.2, 0.25) is 5.91 Å². The number of hydrogen-bond donors (Lipinski definition) is 1. The molecule has 0 spiro atoms. The Bertz CT molecular complexity index is 458. The van der Waals surface area contributed by atoms with Gasteiger partial charge in [-0.05, 0) is 43.4 Å². The molecule has 0 atom stereocenters. The normalized spacial score (nSPS) is 20.5. The number of ether oxygens (including phenoxy) is 1. The molecule has 2 aliphatic rings. The van der Waals surface area contributed by atoms with Gasteiger partial charge in [-0.25, -0.2) is 0 Å². The van der Waals surface area contributed by atoms with Crippen LogP contribution in [0.15, 0.2) is 24.3 Å². The van der Waals surface area contributed by atoms with E-state index < -0.39 is 0 Å². The highest BCUT2D eigenvalue weighted by Gasteiger charge is 2.40. The first-order valence-corrected chi connectivity index (χ1v) is 7.16. The third-order valence-corrected chi connectivity index (χ3v) is 4.56. The first-order chi connectivity index (χ1) is 9.23. The highest BCUT2D eigenvalue weighted by atomic mass is 16.5. The van der Waals surface area contributed by atoms with E-state index in [-0.39, 0.29) is 11.3 Å². The van der Waals surface area contributed by atoms with Crippen LogP contribution in [0, 0.1) is 5.92 Å². The molecule has 0 aliphatic heterocycles. The molecule has 3 nitrogen and oxygen atoms in total. The number of carbonyl (C=O) groups excluding carboxylic acids is 1. The molecule has 2 aliphatic carbocycles. The molecule has 0 aromatic heterocycles. The molecule has 3 heteroatoms. The first-order valence-electron chi connectivity index (χ1n) is 7.16. The minimum atomic E-state index is 0.164. The summed E-state index contributed by atoms with van der Waals surface area (Å²) in [5, 5.41) is 3.14. The van der Waals surface area contributed by atoms with Gasteiger partial charge in [0.15, 0.2) is 0 Å². The zero-order chi connectivity index (χ0) is 13.3. The van der Waals surface area contributed by atoms with Crippen LogP contribution in [0.4, 0.5) is 0 Å². The molecule has 0 bridgehead atoms. The molecule has 0 radical (unpaired) electrons. The van der Waals surface area contributed by atoms with Crippen LogP contribution in [0.1, 0.15) is 37.7 Å². The van der Waals surface area contributed by atoms with Crippen LogP contribution in [0.2, 0.25) is 0 Å². The Morgan fingerprint density at radius 2 is 2.00 bits per heavy atom. The van der Waals surface area contributed by atoms with Crippen molar-refractivity contribution in [1.82, 2.24) is 5.32 Å². The van der Waals surface area contributed by atoms with E-state index in [0.29, 0.717) is 5.92 Å². The monoisotopic (exact) mass is 259 g/mol. The molecule has 0 heterocycles. The molecule has 102 valence electrons. The van der Waals surface area contributed by atoms with E-state index in [1.807, 2.05) is 12.1 Å². The summed E-state index contributed by atoms with van der Waals surface area (Å²) < 4.78 is 5.20. The summed E-state index contributed by atoms with van der Waals surface area (Å²) >= 11 is 0. The third kappa shape index (κ3) is 2.46. The highest BCUT2D eigenvalue weighted by Crippen LogP contribution is 2.43. The fraction of sp³-hybridized carbons (Fsp3) is 0.562. The van der Waals surface area contributed by atoms with E-state index in [9.17, 15) is 4.79 Å². The standard InChI is InChI=1S/C16H21NO2/c1-19-14-7-5-13(6-8-14)16(9-2-10-16)11-17-15(18)12-3-4-12/h5-8,12H,2-4,9-11H2,1H3,(H,17,18). The summed E-state index contributed by atoms with van der Waals surface area (Å²) in [4.78, 5) is 11.8. The summed E-state index contributed by atoms with van der Waals surface area (Å²) in [6.45, 7) is 0.786. The summed E-state index contributed by atoms with van der Waals surface area (Å²) in [6.07, 6.45) is 5.74. The largest absolute Gasteiger partial charge is 0.497 e. The van der Waals surface area contributed by atoms with Crippen molar-refractivity contribution >= 4 is 5.91 Å². The molecule has 3 rings (SSSR count). The van der Waals surface area contributed by atoms with Crippen LogP contribution in [0.5, 0.6) is 5.75 Å². The predicted octanol–water partition coefficient (Wildman–Crippen LogP) is 2.64. The smallest absolute Gasteiger partial charge is 0.223 e.